The molecule has 1 heterocycles. The topological polar surface area (TPSA) is 326 Å². The highest BCUT2D eigenvalue weighted by molar-refractivity contribution is 9.11. The number of rotatable bonds is 7. The number of carbonyl (C=O) groups is 2. The van der Waals surface area contributed by atoms with Crippen molar-refractivity contribution in [3.05, 3.63) is 269 Å². The Balaban J connectivity index is 0.000000149. The summed E-state index contributed by atoms with van der Waals surface area (Å²) in [5.74, 6) is 0.382. The summed E-state index contributed by atoms with van der Waals surface area (Å²) in [7, 11) is -0.722. The van der Waals surface area contributed by atoms with Crippen LogP contribution in [0.3, 0.4) is 0 Å². The number of aromatic hydroxyl groups is 7. The minimum absolute atomic E-state index is 0.0335. The Bertz CT molecular complexity index is 5420. The molecule has 0 spiro atoms. The van der Waals surface area contributed by atoms with Crippen LogP contribution in [0, 0.1) is 0 Å². The van der Waals surface area contributed by atoms with E-state index >= 15 is 0 Å². The number of primary sulfonamides is 1. The Labute approximate surface area is 608 Å². The fourth-order valence-corrected chi connectivity index (χ4v) is 12.4. The molecular weight excluding hydrogens is 1470 g/mol. The molecule has 13 N–H and O–H groups in total. The minimum Gasteiger partial charge on any atom is -0.508 e. The number of anilines is 1. The minimum atomic E-state index is -3.97. The van der Waals surface area contributed by atoms with Gasteiger partial charge in [0.1, 0.15) is 56.6 Å². The second kappa shape index (κ2) is 35.5. The van der Waals surface area contributed by atoms with Crippen molar-refractivity contribution < 1.29 is 73.4 Å². The van der Waals surface area contributed by atoms with E-state index in [4.69, 9.17) is 42.2 Å². The van der Waals surface area contributed by atoms with Gasteiger partial charge in [-0.2, -0.15) is 0 Å². The van der Waals surface area contributed by atoms with Gasteiger partial charge >= 0.3 is 11.9 Å². The molecule has 0 fully saturated rings. The zero-order valence-corrected chi connectivity index (χ0v) is 59.7. The average Bonchev–Trinajstić information content (AvgIpc) is 1.53. The van der Waals surface area contributed by atoms with Crippen LogP contribution in [-0.4, -0.2) is 85.1 Å². The summed E-state index contributed by atoms with van der Waals surface area (Å²) in [5, 5.41) is 100. The van der Waals surface area contributed by atoms with Crippen LogP contribution in [0.2, 0.25) is 5.02 Å². The fraction of sp³-hybridized carbons (Fsp3) is 0.0750. The van der Waals surface area contributed by atoms with E-state index in [9.17, 15) is 53.8 Å². The molecule has 0 aliphatic carbocycles. The molecule has 522 valence electrons. The van der Waals surface area contributed by atoms with Crippen LogP contribution < -0.4 is 20.3 Å². The van der Waals surface area contributed by atoms with Crippen molar-refractivity contribution in [2.45, 2.75) is 31.2 Å². The van der Waals surface area contributed by atoms with Crippen molar-refractivity contribution >= 4 is 158 Å². The van der Waals surface area contributed by atoms with Crippen LogP contribution in [0.1, 0.15) is 19.8 Å². The molecule has 0 radical (unpaired) electrons. The van der Waals surface area contributed by atoms with Gasteiger partial charge in [-0.1, -0.05) is 173 Å². The maximum absolute atomic E-state index is 11.1. The first-order valence-electron chi connectivity index (χ1n) is 31.1. The van der Waals surface area contributed by atoms with Gasteiger partial charge in [0.25, 0.3) is 0 Å². The number of ether oxygens (including phenoxy) is 2. The van der Waals surface area contributed by atoms with Crippen molar-refractivity contribution in [2.24, 2.45) is 5.14 Å². The average molecular weight is 1540 g/mol. The van der Waals surface area contributed by atoms with Crippen LogP contribution in [-0.2, 0) is 26.2 Å². The second-order valence-electron chi connectivity index (χ2n) is 22.2. The summed E-state index contributed by atoms with van der Waals surface area (Å²) in [4.78, 5) is 18.9. The van der Waals surface area contributed by atoms with Crippen LogP contribution >= 0.6 is 43.5 Å². The molecule has 102 heavy (non-hydrogen) atoms. The van der Waals surface area contributed by atoms with E-state index in [1.165, 1.54) is 46.1 Å². The highest BCUT2D eigenvalue weighted by Crippen LogP contribution is 2.38. The maximum Gasteiger partial charge on any atom is 0.303 e. The first-order valence-corrected chi connectivity index (χ1v) is 34.6. The van der Waals surface area contributed by atoms with Crippen molar-refractivity contribution in [3.63, 3.8) is 0 Å². The lowest BCUT2D eigenvalue weighted by atomic mass is 10.1. The van der Waals surface area contributed by atoms with Gasteiger partial charge in [0, 0.05) is 86.6 Å². The van der Waals surface area contributed by atoms with Crippen molar-refractivity contribution in [1.29, 1.82) is 0 Å². The van der Waals surface area contributed by atoms with E-state index in [0.717, 1.165) is 92.6 Å². The maximum atomic E-state index is 11.1. The lowest BCUT2D eigenvalue weighted by Crippen LogP contribution is -2.12. The van der Waals surface area contributed by atoms with Crippen LogP contribution in [0.5, 0.6) is 51.7 Å². The number of sulfonamides is 1. The Morgan fingerprint density at radius 2 is 0.873 bits per heavy atom. The normalized spacial score (nSPS) is 10.6. The standard InChI is InChI=1S/C14H14N2.2C11H10O2.2C10H7BrO.C10H7ClO.C10H9NO4S.C4H6O4/c1-2-16-13-6-4-3-5-11(13)12-9-10(15)7-8-14(12)16;2*1-13-11-7-6-10(12)8-4-2-3-5-9(8)11;11-9-3-1-8-6-10(12)4-2-7(8)5-9;11-10-8-4-2-1-3-7(8)5-6-9(10)12;11-9-5-6-10(12)8-4-2-1-3-7(8)9;11-16(14,15)9-5-4-6-7(10(9)13)2-1-3-8(6)12;5-3(6)1-2-4(7)8/h3-9H,2,15H2,1H3;2*2-7,12H,1H3;3*1-6,12H;1-5,12-13H,(H2,11,14,15);1-2H2,(H,5,6)(H,7,8). The molecule has 1 aromatic heterocycles. The van der Waals surface area contributed by atoms with Crippen molar-refractivity contribution in [3.8, 4) is 51.7 Å². The molecule has 0 amide bonds. The monoisotopic (exact) mass is 1540 g/mol. The van der Waals surface area contributed by atoms with Gasteiger partial charge in [-0.3, -0.25) is 9.59 Å². The summed E-state index contributed by atoms with van der Waals surface area (Å²) in [5.41, 5.74) is 9.23. The zero-order valence-electron chi connectivity index (χ0n) is 55.0. The third kappa shape index (κ3) is 19.5. The lowest BCUT2D eigenvalue weighted by Gasteiger charge is -2.06. The molecule has 18 nitrogen and oxygen atoms in total. The van der Waals surface area contributed by atoms with Gasteiger partial charge in [0.15, 0.2) is 0 Å². The Hall–Kier alpha value is -11.5. The summed E-state index contributed by atoms with van der Waals surface area (Å²) in [6.07, 6.45) is -0.593. The van der Waals surface area contributed by atoms with Crippen LogP contribution in [0.15, 0.2) is 269 Å². The number of phenols is 7. The number of carboxylic acids is 2. The number of methoxy groups -OCH3 is 2. The molecule has 0 saturated carbocycles. The van der Waals surface area contributed by atoms with E-state index in [2.05, 4.69) is 79.7 Å². The molecule has 0 aliphatic heterocycles. The van der Waals surface area contributed by atoms with Gasteiger partial charge in [-0.15, -0.1) is 0 Å². The number of carboxylic acid groups (broad SMARTS) is 2. The highest BCUT2D eigenvalue weighted by atomic mass is 79.9. The second-order valence-corrected chi connectivity index (χ2v) is 25.9. The fourth-order valence-electron chi connectivity index (χ4n) is 10.7. The SMILES string of the molecule is CCn1c2ccccc2c2cc(N)ccc21.COc1ccc(O)c2ccccc12.COc1ccc(O)c2ccccc12.NS(=O)(=O)c1ccc2c(O)cccc2c1O.O=C(O)CCC(=O)O.Oc1ccc(Cl)c2ccccc12.Oc1ccc2cc(Br)ccc2c1.Oc1ccc2ccccc2c1Br. The van der Waals surface area contributed by atoms with E-state index < -0.39 is 27.7 Å². The number of aryl methyl sites for hydroxylation is 1. The van der Waals surface area contributed by atoms with Gasteiger partial charge < -0.3 is 65.7 Å². The van der Waals surface area contributed by atoms with Gasteiger partial charge in [-0.05, 0) is 154 Å². The lowest BCUT2D eigenvalue weighted by molar-refractivity contribution is -0.143. The quantitative estimate of drug-likeness (QED) is 0.0661. The number of halogens is 3. The number of fused-ring (bicyclic) bond motifs is 9. The number of aromatic nitrogens is 1. The molecule has 0 unspecified atom stereocenters. The molecule has 0 bridgehead atoms. The number of para-hydroxylation sites is 1. The first-order chi connectivity index (χ1) is 48.8. The van der Waals surface area contributed by atoms with E-state index in [-0.39, 0.29) is 51.9 Å². The van der Waals surface area contributed by atoms with E-state index in [1.54, 1.807) is 68.8 Å². The number of hydrogen-bond acceptors (Lipinski definition) is 14. The number of benzene rings is 14. The highest BCUT2D eigenvalue weighted by Gasteiger charge is 2.17. The molecule has 15 rings (SSSR count). The van der Waals surface area contributed by atoms with Crippen LogP contribution in [0.4, 0.5) is 5.69 Å². The number of hydrogen-bond donors (Lipinski definition) is 11. The van der Waals surface area contributed by atoms with Gasteiger partial charge in [-0.25, -0.2) is 13.6 Å². The van der Waals surface area contributed by atoms with Crippen molar-refractivity contribution in [2.75, 3.05) is 20.0 Å². The summed E-state index contributed by atoms with van der Waals surface area (Å²) in [6, 6.07) is 77.2. The third-order valence-electron chi connectivity index (χ3n) is 15.6. The summed E-state index contributed by atoms with van der Waals surface area (Å²) < 4.78 is 36.8. The van der Waals surface area contributed by atoms with Crippen LogP contribution in [0.25, 0.3) is 86.4 Å². The van der Waals surface area contributed by atoms with Crippen molar-refractivity contribution in [1.82, 2.24) is 4.57 Å². The number of phenolic OH excluding ortho intramolecular Hbond substituents is 7. The molecule has 14 aromatic carbocycles. The van der Waals surface area contributed by atoms with Gasteiger partial charge in [0.2, 0.25) is 10.0 Å². The molecule has 15 aromatic rings. The number of nitrogens with two attached hydrogens (primary N) is 2. The predicted molar refractivity (Wildman–Crippen MR) is 414 cm³/mol. The largest absolute Gasteiger partial charge is 0.508 e. The van der Waals surface area contributed by atoms with E-state index in [0.29, 0.717) is 16.2 Å². The number of nitrogen functional groups attached to an aromatic ring is 1. The Kier molecular flexibility index (Phi) is 26.6. The third-order valence-corrected chi connectivity index (χ3v) is 18.2. The smallest absolute Gasteiger partial charge is 0.303 e. The number of aliphatic carboxylic acids is 2. The zero-order chi connectivity index (χ0) is 73.8. The molecular formula is C80H70Br2ClN3O15S. The Morgan fingerprint density at radius 1 is 0.431 bits per heavy atom. The summed E-state index contributed by atoms with van der Waals surface area (Å²) in [6.45, 7) is 3.15. The summed E-state index contributed by atoms with van der Waals surface area (Å²) >= 11 is 12.6. The molecule has 0 aliphatic rings. The molecule has 22 heteroatoms. The van der Waals surface area contributed by atoms with Gasteiger partial charge in [0.05, 0.1) is 31.5 Å². The Morgan fingerprint density at radius 3 is 1.42 bits per heavy atom. The number of nitrogens with zero attached hydrogens (tertiary/aromatic N) is 1. The predicted octanol–water partition coefficient (Wildman–Crippen LogP) is 19.2. The first kappa shape index (κ1) is 76.3. The molecule has 0 atom stereocenters. The van der Waals surface area contributed by atoms with E-state index in [1.807, 2.05) is 133 Å². The molecule has 0 saturated heterocycles.